The molecule has 0 N–H and O–H groups in total. The van der Waals surface area contributed by atoms with Gasteiger partial charge in [0, 0.05) is 12.5 Å². The van der Waals surface area contributed by atoms with Gasteiger partial charge in [-0.3, -0.25) is 0 Å². The van der Waals surface area contributed by atoms with Crippen molar-refractivity contribution in [1.82, 2.24) is 14.8 Å². The average molecular weight is 165 g/mol. The summed E-state index contributed by atoms with van der Waals surface area (Å²) >= 11 is 0. The van der Waals surface area contributed by atoms with E-state index in [0.29, 0.717) is 12.0 Å². The number of aromatic nitrogens is 3. The smallest absolute Gasteiger partial charge is 0.133 e. The Labute approximate surface area is 72.8 Å². The maximum absolute atomic E-state index is 4.14. The first-order valence-corrected chi connectivity index (χ1v) is 4.60. The Balaban J connectivity index is 2.39. The molecule has 12 heavy (non-hydrogen) atoms. The average Bonchev–Trinajstić information content (AvgIpc) is 2.53. The van der Waals surface area contributed by atoms with Crippen molar-refractivity contribution in [2.45, 2.75) is 39.7 Å². The maximum Gasteiger partial charge on any atom is 0.133 e. The molecule has 1 aliphatic rings. The molecule has 0 amide bonds. The van der Waals surface area contributed by atoms with Crippen LogP contribution in [-0.2, 0) is 6.42 Å². The van der Waals surface area contributed by atoms with E-state index in [4.69, 9.17) is 0 Å². The van der Waals surface area contributed by atoms with E-state index >= 15 is 0 Å². The molecule has 2 rings (SSSR count). The Morgan fingerprint density at radius 2 is 2.17 bits per heavy atom. The van der Waals surface area contributed by atoms with E-state index in [2.05, 4.69) is 28.6 Å². The van der Waals surface area contributed by atoms with Crippen molar-refractivity contribution < 1.29 is 0 Å². The molecule has 0 radical (unpaired) electrons. The molecule has 3 heteroatoms. The highest BCUT2D eigenvalue weighted by Gasteiger charge is 2.27. The van der Waals surface area contributed by atoms with Gasteiger partial charge in [-0.2, -0.15) is 0 Å². The van der Waals surface area contributed by atoms with Gasteiger partial charge in [0.1, 0.15) is 11.6 Å². The zero-order valence-corrected chi connectivity index (χ0v) is 7.91. The summed E-state index contributed by atoms with van der Waals surface area (Å²) in [5, 5.41) is 8.23. The van der Waals surface area contributed by atoms with Crippen molar-refractivity contribution in [2.75, 3.05) is 0 Å². The van der Waals surface area contributed by atoms with Gasteiger partial charge in [0.15, 0.2) is 0 Å². The van der Waals surface area contributed by atoms with Crippen molar-refractivity contribution in [3.63, 3.8) is 0 Å². The number of fused-ring (bicyclic) bond motifs is 1. The molecule has 0 saturated heterocycles. The van der Waals surface area contributed by atoms with Crippen LogP contribution in [0.3, 0.4) is 0 Å². The second-order valence-corrected chi connectivity index (χ2v) is 3.88. The van der Waals surface area contributed by atoms with Crippen molar-refractivity contribution in [1.29, 1.82) is 0 Å². The van der Waals surface area contributed by atoms with Crippen LogP contribution in [0.2, 0.25) is 0 Å². The Morgan fingerprint density at radius 1 is 1.42 bits per heavy atom. The minimum atomic E-state index is 0.634. The lowest BCUT2D eigenvalue weighted by atomic mass is 10.0. The van der Waals surface area contributed by atoms with Crippen LogP contribution >= 0.6 is 0 Å². The standard InChI is InChI=1S/C9H15N3/c1-6(2)8-4-5-9-11-10-7(3)12(8)9/h6,8H,4-5H2,1-3H3. The van der Waals surface area contributed by atoms with E-state index in [9.17, 15) is 0 Å². The third-order valence-electron chi connectivity index (χ3n) is 2.70. The van der Waals surface area contributed by atoms with E-state index in [1.54, 1.807) is 0 Å². The summed E-state index contributed by atoms with van der Waals surface area (Å²) in [5.41, 5.74) is 0. The highest BCUT2D eigenvalue weighted by atomic mass is 15.3. The Hall–Kier alpha value is -0.860. The van der Waals surface area contributed by atoms with Crippen LogP contribution in [0.15, 0.2) is 0 Å². The van der Waals surface area contributed by atoms with Crippen LogP contribution in [0, 0.1) is 12.8 Å². The first-order valence-electron chi connectivity index (χ1n) is 4.60. The molecule has 0 bridgehead atoms. The molecule has 1 atom stereocenters. The summed E-state index contributed by atoms with van der Waals surface area (Å²) in [7, 11) is 0. The van der Waals surface area contributed by atoms with Crippen LogP contribution in [0.1, 0.15) is 38.0 Å². The fourth-order valence-corrected chi connectivity index (χ4v) is 2.05. The Bertz CT molecular complexity index is 288. The molecule has 1 unspecified atom stereocenters. The topological polar surface area (TPSA) is 30.7 Å². The van der Waals surface area contributed by atoms with Crippen molar-refractivity contribution >= 4 is 0 Å². The number of hydrogen-bond donors (Lipinski definition) is 0. The quantitative estimate of drug-likeness (QED) is 0.634. The van der Waals surface area contributed by atoms with Crippen LogP contribution in [0.4, 0.5) is 0 Å². The molecular formula is C9H15N3. The molecule has 2 heterocycles. The van der Waals surface area contributed by atoms with Crippen LogP contribution in [-0.4, -0.2) is 14.8 Å². The van der Waals surface area contributed by atoms with Crippen molar-refractivity contribution in [2.24, 2.45) is 5.92 Å². The van der Waals surface area contributed by atoms with E-state index in [0.717, 1.165) is 12.2 Å². The molecule has 0 spiro atoms. The number of rotatable bonds is 1. The van der Waals surface area contributed by atoms with Gasteiger partial charge >= 0.3 is 0 Å². The fraction of sp³-hybridized carbons (Fsp3) is 0.778. The molecule has 0 fully saturated rings. The second-order valence-electron chi connectivity index (χ2n) is 3.88. The lowest BCUT2D eigenvalue weighted by Gasteiger charge is -2.17. The maximum atomic E-state index is 4.14. The molecular weight excluding hydrogens is 150 g/mol. The molecule has 66 valence electrons. The number of nitrogens with zero attached hydrogens (tertiary/aromatic N) is 3. The third-order valence-corrected chi connectivity index (χ3v) is 2.70. The highest BCUT2D eigenvalue weighted by molar-refractivity contribution is 5.03. The zero-order chi connectivity index (χ0) is 8.72. The molecule has 1 aliphatic heterocycles. The van der Waals surface area contributed by atoms with E-state index in [-0.39, 0.29) is 0 Å². The van der Waals surface area contributed by atoms with Crippen LogP contribution < -0.4 is 0 Å². The van der Waals surface area contributed by atoms with Gasteiger partial charge in [-0.05, 0) is 19.3 Å². The van der Waals surface area contributed by atoms with Gasteiger partial charge in [-0.25, -0.2) is 0 Å². The molecule has 1 aromatic rings. The molecule has 3 nitrogen and oxygen atoms in total. The minimum absolute atomic E-state index is 0.634. The van der Waals surface area contributed by atoms with E-state index in [1.807, 2.05) is 6.92 Å². The summed E-state index contributed by atoms with van der Waals surface area (Å²) < 4.78 is 2.30. The Kier molecular flexibility index (Phi) is 1.67. The highest BCUT2D eigenvalue weighted by Crippen LogP contribution is 2.31. The van der Waals surface area contributed by atoms with Crippen molar-refractivity contribution in [3.8, 4) is 0 Å². The minimum Gasteiger partial charge on any atom is -0.312 e. The fourth-order valence-electron chi connectivity index (χ4n) is 2.05. The van der Waals surface area contributed by atoms with Gasteiger partial charge in [0.25, 0.3) is 0 Å². The van der Waals surface area contributed by atoms with Crippen LogP contribution in [0.25, 0.3) is 0 Å². The SMILES string of the molecule is Cc1nnc2n1C(C(C)C)CC2. The Morgan fingerprint density at radius 3 is 2.83 bits per heavy atom. The molecule has 1 aromatic heterocycles. The lowest BCUT2D eigenvalue weighted by molar-refractivity contribution is 0.385. The summed E-state index contributed by atoms with van der Waals surface area (Å²) in [4.78, 5) is 0. The monoisotopic (exact) mass is 165 g/mol. The summed E-state index contributed by atoms with van der Waals surface area (Å²) in [6, 6.07) is 0.634. The largest absolute Gasteiger partial charge is 0.312 e. The van der Waals surface area contributed by atoms with E-state index in [1.165, 1.54) is 12.2 Å². The molecule has 0 aromatic carbocycles. The zero-order valence-electron chi connectivity index (χ0n) is 7.91. The third kappa shape index (κ3) is 0.958. The van der Waals surface area contributed by atoms with Crippen molar-refractivity contribution in [3.05, 3.63) is 11.6 Å². The van der Waals surface area contributed by atoms with Gasteiger partial charge in [-0.1, -0.05) is 13.8 Å². The van der Waals surface area contributed by atoms with Crippen LogP contribution in [0.5, 0.6) is 0 Å². The predicted octanol–water partition coefficient (Wildman–Crippen LogP) is 1.73. The molecule has 0 saturated carbocycles. The van der Waals surface area contributed by atoms with Gasteiger partial charge in [0.05, 0.1) is 0 Å². The summed E-state index contributed by atoms with van der Waals surface area (Å²) in [6.07, 6.45) is 2.34. The number of hydrogen-bond acceptors (Lipinski definition) is 2. The predicted molar refractivity (Wildman–Crippen MR) is 47.0 cm³/mol. The normalized spacial score (nSPS) is 21.8. The lowest BCUT2D eigenvalue weighted by Crippen LogP contribution is -2.12. The summed E-state index contributed by atoms with van der Waals surface area (Å²) in [6.45, 7) is 6.57. The number of aryl methyl sites for hydroxylation is 2. The summed E-state index contributed by atoms with van der Waals surface area (Å²) in [5.74, 6) is 2.94. The van der Waals surface area contributed by atoms with Gasteiger partial charge < -0.3 is 4.57 Å². The first kappa shape index (κ1) is 7.77. The second kappa shape index (κ2) is 2.57. The first-order chi connectivity index (χ1) is 5.70. The van der Waals surface area contributed by atoms with Gasteiger partial charge in [0.2, 0.25) is 0 Å². The van der Waals surface area contributed by atoms with Gasteiger partial charge in [-0.15, -0.1) is 10.2 Å². The van der Waals surface area contributed by atoms with E-state index < -0.39 is 0 Å². The molecule has 0 aliphatic carbocycles.